The second kappa shape index (κ2) is 9.62. The van der Waals surface area contributed by atoms with Gasteiger partial charge in [0.15, 0.2) is 11.5 Å². The van der Waals surface area contributed by atoms with E-state index in [-0.39, 0.29) is 17.8 Å². The number of nitrogens with one attached hydrogen (secondary N) is 1. The Morgan fingerprint density at radius 2 is 1.82 bits per heavy atom. The molecule has 0 spiro atoms. The van der Waals surface area contributed by atoms with Gasteiger partial charge in [-0.05, 0) is 49.2 Å². The average molecular weight is 476 g/mol. The quantitative estimate of drug-likeness (QED) is 0.546. The number of halogens is 3. The molecule has 2 amide bonds. The van der Waals surface area contributed by atoms with E-state index in [1.54, 1.807) is 23.1 Å². The monoisotopic (exact) mass is 476 g/mol. The van der Waals surface area contributed by atoms with Gasteiger partial charge in [-0.3, -0.25) is 0 Å². The standard InChI is InChI=1S/C23H23F3N4O4/c1-32-18-10-9-17(12-19(18)33-2)27-22(31)30-11-3-4-15(13-30)21-29-28-20(34-21)14-5-7-16(8-6-14)23(24,25)26/h5-10,12,15H,3-4,11,13H2,1-2H3,(H,27,31). The average Bonchev–Trinajstić information content (AvgIpc) is 3.34. The lowest BCUT2D eigenvalue weighted by atomic mass is 9.98. The highest BCUT2D eigenvalue weighted by Crippen LogP contribution is 2.33. The third-order valence-corrected chi connectivity index (χ3v) is 5.59. The van der Waals surface area contributed by atoms with Crippen LogP contribution in [-0.4, -0.2) is 48.4 Å². The summed E-state index contributed by atoms with van der Waals surface area (Å²) in [6, 6.07) is 9.35. The number of hydrogen-bond donors (Lipinski definition) is 1. The molecule has 0 aliphatic carbocycles. The number of nitrogens with zero attached hydrogens (tertiary/aromatic N) is 3. The molecule has 3 aromatic rings. The van der Waals surface area contributed by atoms with Crippen LogP contribution in [0.5, 0.6) is 11.5 Å². The van der Waals surface area contributed by atoms with Crippen LogP contribution in [0.4, 0.5) is 23.7 Å². The normalized spacial score (nSPS) is 16.3. The lowest BCUT2D eigenvalue weighted by molar-refractivity contribution is -0.137. The van der Waals surface area contributed by atoms with Crippen molar-refractivity contribution in [3.8, 4) is 23.0 Å². The molecule has 1 saturated heterocycles. The van der Waals surface area contributed by atoms with Crippen LogP contribution in [0.1, 0.15) is 30.2 Å². The number of aromatic nitrogens is 2. The molecule has 4 rings (SSSR count). The predicted molar refractivity (Wildman–Crippen MR) is 117 cm³/mol. The highest BCUT2D eigenvalue weighted by atomic mass is 19.4. The molecular formula is C23H23F3N4O4. The minimum atomic E-state index is -4.42. The number of rotatable bonds is 5. The molecule has 1 aromatic heterocycles. The fourth-order valence-electron chi connectivity index (χ4n) is 3.80. The van der Waals surface area contributed by atoms with Crippen LogP contribution in [0.2, 0.25) is 0 Å². The Hall–Kier alpha value is -3.76. The number of benzene rings is 2. The summed E-state index contributed by atoms with van der Waals surface area (Å²) >= 11 is 0. The molecule has 180 valence electrons. The summed E-state index contributed by atoms with van der Waals surface area (Å²) in [6.45, 7) is 0.934. The lowest BCUT2D eigenvalue weighted by Crippen LogP contribution is -2.41. The number of hydrogen-bond acceptors (Lipinski definition) is 6. The molecule has 1 aliphatic heterocycles. The van der Waals surface area contributed by atoms with Crippen molar-refractivity contribution in [1.82, 2.24) is 15.1 Å². The van der Waals surface area contributed by atoms with Gasteiger partial charge in [0.05, 0.1) is 25.7 Å². The fourth-order valence-corrected chi connectivity index (χ4v) is 3.80. The molecule has 2 aromatic carbocycles. The molecule has 1 N–H and O–H groups in total. The van der Waals surface area contributed by atoms with Gasteiger partial charge in [-0.1, -0.05) is 0 Å². The van der Waals surface area contributed by atoms with E-state index in [0.29, 0.717) is 41.7 Å². The molecular weight excluding hydrogens is 453 g/mol. The molecule has 0 radical (unpaired) electrons. The Kier molecular flexibility index (Phi) is 6.62. The number of urea groups is 1. The van der Waals surface area contributed by atoms with Crippen LogP contribution in [0.15, 0.2) is 46.9 Å². The van der Waals surface area contributed by atoms with E-state index in [1.807, 2.05) is 0 Å². The first-order valence-corrected chi connectivity index (χ1v) is 10.6. The van der Waals surface area contributed by atoms with Crippen molar-refractivity contribution in [2.45, 2.75) is 24.9 Å². The Morgan fingerprint density at radius 3 is 2.50 bits per heavy atom. The zero-order valence-electron chi connectivity index (χ0n) is 18.6. The summed E-state index contributed by atoms with van der Waals surface area (Å²) < 4.78 is 54.6. The number of alkyl halides is 3. The molecule has 0 bridgehead atoms. The van der Waals surface area contributed by atoms with Gasteiger partial charge < -0.3 is 24.1 Å². The van der Waals surface area contributed by atoms with Crippen molar-refractivity contribution in [1.29, 1.82) is 0 Å². The summed E-state index contributed by atoms with van der Waals surface area (Å²) in [5, 5.41) is 10.9. The second-order valence-electron chi connectivity index (χ2n) is 7.81. The number of carbonyl (C=O) groups is 1. The van der Waals surface area contributed by atoms with E-state index in [0.717, 1.165) is 25.0 Å². The van der Waals surface area contributed by atoms with Crippen molar-refractivity contribution in [2.24, 2.45) is 0 Å². The van der Waals surface area contributed by atoms with Crippen molar-refractivity contribution < 1.29 is 31.9 Å². The summed E-state index contributed by atoms with van der Waals surface area (Å²) in [5.41, 5.74) is 0.206. The Balaban J connectivity index is 1.42. The number of anilines is 1. The van der Waals surface area contributed by atoms with Gasteiger partial charge in [0.1, 0.15) is 0 Å². The number of methoxy groups -OCH3 is 2. The van der Waals surface area contributed by atoms with E-state index in [4.69, 9.17) is 13.9 Å². The molecule has 2 heterocycles. The molecule has 0 saturated carbocycles. The van der Waals surface area contributed by atoms with E-state index >= 15 is 0 Å². The van der Waals surface area contributed by atoms with Gasteiger partial charge in [0.25, 0.3) is 0 Å². The maximum atomic E-state index is 12.8. The predicted octanol–water partition coefficient (Wildman–Crippen LogP) is 5.18. The maximum absolute atomic E-state index is 12.8. The molecule has 11 heteroatoms. The third-order valence-electron chi connectivity index (χ3n) is 5.59. The van der Waals surface area contributed by atoms with E-state index in [2.05, 4.69) is 15.5 Å². The lowest BCUT2D eigenvalue weighted by Gasteiger charge is -2.31. The van der Waals surface area contributed by atoms with Gasteiger partial charge >= 0.3 is 12.2 Å². The van der Waals surface area contributed by atoms with Crippen LogP contribution >= 0.6 is 0 Å². The molecule has 1 unspecified atom stereocenters. The molecule has 34 heavy (non-hydrogen) atoms. The van der Waals surface area contributed by atoms with Crippen LogP contribution in [0.3, 0.4) is 0 Å². The summed E-state index contributed by atoms with van der Waals surface area (Å²) in [5.74, 6) is 1.35. The molecule has 1 atom stereocenters. The number of amides is 2. The van der Waals surface area contributed by atoms with Crippen molar-refractivity contribution in [2.75, 3.05) is 32.6 Å². The largest absolute Gasteiger partial charge is 0.493 e. The van der Waals surface area contributed by atoms with Gasteiger partial charge in [0, 0.05) is 30.4 Å². The zero-order chi connectivity index (χ0) is 24.3. The highest BCUT2D eigenvalue weighted by molar-refractivity contribution is 5.89. The summed E-state index contributed by atoms with van der Waals surface area (Å²) in [7, 11) is 3.05. The minimum absolute atomic E-state index is 0.135. The van der Waals surface area contributed by atoms with E-state index in [1.165, 1.54) is 26.4 Å². The Bertz CT molecular complexity index is 1150. The van der Waals surface area contributed by atoms with Crippen LogP contribution in [0, 0.1) is 0 Å². The molecule has 8 nitrogen and oxygen atoms in total. The fraction of sp³-hybridized carbons (Fsp3) is 0.348. The zero-order valence-corrected chi connectivity index (χ0v) is 18.6. The first-order chi connectivity index (χ1) is 16.3. The van der Waals surface area contributed by atoms with Crippen molar-refractivity contribution in [3.05, 3.63) is 53.9 Å². The van der Waals surface area contributed by atoms with Crippen molar-refractivity contribution >= 4 is 11.7 Å². The smallest absolute Gasteiger partial charge is 0.416 e. The Labute approximate surface area is 193 Å². The first-order valence-electron chi connectivity index (χ1n) is 10.6. The second-order valence-corrected chi connectivity index (χ2v) is 7.81. The third kappa shape index (κ3) is 5.08. The molecule has 1 fully saturated rings. The van der Waals surface area contributed by atoms with Crippen LogP contribution < -0.4 is 14.8 Å². The van der Waals surface area contributed by atoms with E-state index < -0.39 is 11.7 Å². The minimum Gasteiger partial charge on any atom is -0.493 e. The summed E-state index contributed by atoms with van der Waals surface area (Å²) in [6.07, 6.45) is -2.93. The van der Waals surface area contributed by atoms with Crippen LogP contribution in [-0.2, 0) is 6.18 Å². The van der Waals surface area contributed by atoms with Gasteiger partial charge in [-0.25, -0.2) is 4.79 Å². The number of likely N-dealkylation sites (tertiary alicyclic amines) is 1. The first kappa shape index (κ1) is 23.4. The number of carbonyl (C=O) groups excluding carboxylic acids is 1. The highest BCUT2D eigenvalue weighted by Gasteiger charge is 2.31. The molecule has 1 aliphatic rings. The number of ether oxygens (including phenoxy) is 2. The Morgan fingerprint density at radius 1 is 1.09 bits per heavy atom. The topological polar surface area (TPSA) is 89.7 Å². The number of piperidine rings is 1. The summed E-state index contributed by atoms with van der Waals surface area (Å²) in [4.78, 5) is 14.5. The van der Waals surface area contributed by atoms with Gasteiger partial charge in [-0.2, -0.15) is 13.2 Å². The van der Waals surface area contributed by atoms with Gasteiger partial charge in [-0.15, -0.1) is 10.2 Å². The van der Waals surface area contributed by atoms with Crippen molar-refractivity contribution in [3.63, 3.8) is 0 Å². The SMILES string of the molecule is COc1ccc(NC(=O)N2CCCC(c3nnc(-c4ccc(C(F)(F)F)cc4)o3)C2)cc1OC. The maximum Gasteiger partial charge on any atom is 0.416 e. The van der Waals surface area contributed by atoms with Gasteiger partial charge in [0.2, 0.25) is 11.8 Å². The van der Waals surface area contributed by atoms with Crippen LogP contribution in [0.25, 0.3) is 11.5 Å². The van der Waals surface area contributed by atoms with E-state index in [9.17, 15) is 18.0 Å².